The Kier molecular flexibility index (Phi) is 11.7. The molecular weight excluding hydrogens is 634 g/mol. The van der Waals surface area contributed by atoms with E-state index >= 15 is 0 Å². The van der Waals surface area contributed by atoms with E-state index in [1.165, 1.54) is 11.8 Å². The first-order valence-electron chi connectivity index (χ1n) is 16.7. The molecule has 0 bridgehead atoms. The number of para-hydroxylation sites is 1. The van der Waals surface area contributed by atoms with E-state index in [1.807, 2.05) is 45.0 Å². The number of methoxy groups -OCH3 is 1. The first-order chi connectivity index (χ1) is 23.0. The van der Waals surface area contributed by atoms with E-state index in [0.717, 1.165) is 17.7 Å². The predicted molar refractivity (Wildman–Crippen MR) is 179 cm³/mol. The standard InChI is InChI=1S/C35H49N5O9/c1-22(2)19-39(30(41)29-27(15-11-12-16-46-8)40(37-36-29)26-14-10-9-13-23(26)3)25-17-35(31(42)43,18-28-24(4)47-33(45)48-28)21-38(20-25)32(44)49-34(5,6)7/h9-10,13-14,22,25H,11-12,15-21H2,1-8H3,(H,42,43)/t25-,35+/m0/s1. The number of hydrogen-bond acceptors (Lipinski definition) is 10. The maximum Gasteiger partial charge on any atom is 0.519 e. The second-order valence-corrected chi connectivity index (χ2v) is 14.3. The number of ether oxygens (including phenoxy) is 2. The zero-order valence-corrected chi connectivity index (χ0v) is 29.8. The molecule has 268 valence electrons. The quantitative estimate of drug-likeness (QED) is 0.245. The van der Waals surface area contributed by atoms with Gasteiger partial charge in [-0.05, 0) is 77.8 Å². The maximum absolute atomic E-state index is 14.7. The van der Waals surface area contributed by atoms with Crippen LogP contribution in [-0.4, -0.2) is 92.9 Å². The molecule has 0 aliphatic carbocycles. The number of piperidine rings is 1. The molecule has 0 saturated carbocycles. The highest BCUT2D eigenvalue weighted by molar-refractivity contribution is 5.94. The summed E-state index contributed by atoms with van der Waals surface area (Å²) in [6.45, 7) is 13.2. The lowest BCUT2D eigenvalue weighted by Crippen LogP contribution is -2.61. The highest BCUT2D eigenvalue weighted by atomic mass is 16.6. The summed E-state index contributed by atoms with van der Waals surface area (Å²) in [4.78, 5) is 56.4. The topological polar surface area (TPSA) is 170 Å². The van der Waals surface area contributed by atoms with E-state index in [2.05, 4.69) is 10.3 Å². The van der Waals surface area contributed by atoms with Crippen molar-refractivity contribution in [3.8, 4) is 5.69 Å². The number of amides is 2. The summed E-state index contributed by atoms with van der Waals surface area (Å²) in [5.74, 6) is -2.38. The SMILES string of the molecule is COCCCCc1c(C(=O)N(CC(C)C)[C@@H]2CN(C(=O)OC(C)(C)C)C[C@@](Cc3oc(=O)oc3C)(C(=O)O)C2)nnn1-c1ccccc1C. The van der Waals surface area contributed by atoms with Crippen LogP contribution >= 0.6 is 0 Å². The van der Waals surface area contributed by atoms with Crippen LogP contribution in [0.3, 0.4) is 0 Å². The molecule has 0 radical (unpaired) electrons. The lowest BCUT2D eigenvalue weighted by atomic mass is 9.74. The van der Waals surface area contributed by atoms with Crippen molar-refractivity contribution in [2.45, 2.75) is 92.2 Å². The summed E-state index contributed by atoms with van der Waals surface area (Å²) in [7, 11) is 1.64. The summed E-state index contributed by atoms with van der Waals surface area (Å²) in [5.41, 5.74) is 0.0285. The maximum atomic E-state index is 14.7. The van der Waals surface area contributed by atoms with Gasteiger partial charge in [0.2, 0.25) is 0 Å². The van der Waals surface area contributed by atoms with Gasteiger partial charge in [0.25, 0.3) is 5.91 Å². The summed E-state index contributed by atoms with van der Waals surface area (Å²) in [5, 5.41) is 19.6. The van der Waals surface area contributed by atoms with Gasteiger partial charge in [-0.15, -0.1) is 5.10 Å². The smallest absolute Gasteiger partial charge is 0.481 e. The van der Waals surface area contributed by atoms with E-state index in [-0.39, 0.29) is 55.6 Å². The molecular formula is C35H49N5O9. The lowest BCUT2D eigenvalue weighted by Gasteiger charge is -2.47. The fourth-order valence-corrected chi connectivity index (χ4v) is 6.29. The lowest BCUT2D eigenvalue weighted by molar-refractivity contribution is -0.154. The monoisotopic (exact) mass is 683 g/mol. The number of rotatable bonds is 13. The third-order valence-electron chi connectivity index (χ3n) is 8.58. The molecule has 1 saturated heterocycles. The minimum Gasteiger partial charge on any atom is -0.481 e. The fourth-order valence-electron chi connectivity index (χ4n) is 6.29. The molecule has 0 unspecified atom stereocenters. The van der Waals surface area contributed by atoms with Crippen LogP contribution in [-0.2, 0) is 27.1 Å². The molecule has 3 heterocycles. The molecule has 1 aliphatic heterocycles. The molecule has 1 aliphatic rings. The van der Waals surface area contributed by atoms with Gasteiger partial charge in [0.15, 0.2) is 11.5 Å². The van der Waals surface area contributed by atoms with Gasteiger partial charge in [-0.3, -0.25) is 9.59 Å². The zero-order chi connectivity index (χ0) is 36.1. The number of likely N-dealkylation sites (tertiary alicyclic amines) is 1. The molecule has 2 atom stereocenters. The molecule has 1 fully saturated rings. The van der Waals surface area contributed by atoms with Crippen LogP contribution in [0.1, 0.15) is 87.1 Å². The minimum atomic E-state index is -1.65. The van der Waals surface area contributed by atoms with Gasteiger partial charge in [0.05, 0.1) is 22.8 Å². The molecule has 1 N–H and O–H groups in total. The molecule has 4 rings (SSSR count). The van der Waals surface area contributed by atoms with Crippen LogP contribution < -0.4 is 5.82 Å². The molecule has 1 aromatic carbocycles. The van der Waals surface area contributed by atoms with Gasteiger partial charge in [-0.1, -0.05) is 37.3 Å². The van der Waals surface area contributed by atoms with Gasteiger partial charge in [0.1, 0.15) is 11.4 Å². The third-order valence-corrected chi connectivity index (χ3v) is 8.58. The Morgan fingerprint density at radius 2 is 1.86 bits per heavy atom. The second kappa shape index (κ2) is 15.4. The Morgan fingerprint density at radius 1 is 1.14 bits per heavy atom. The number of carbonyl (C=O) groups is 3. The molecule has 2 amide bonds. The van der Waals surface area contributed by atoms with Crippen LogP contribution in [0.15, 0.2) is 37.9 Å². The van der Waals surface area contributed by atoms with Crippen LogP contribution in [0.4, 0.5) is 4.79 Å². The number of benzene rings is 1. The van der Waals surface area contributed by atoms with E-state index in [1.54, 1.807) is 37.5 Å². The van der Waals surface area contributed by atoms with Crippen LogP contribution in [0.25, 0.3) is 5.69 Å². The Balaban J connectivity index is 1.81. The number of carboxylic acid groups (broad SMARTS) is 1. The van der Waals surface area contributed by atoms with Crippen LogP contribution in [0.5, 0.6) is 0 Å². The molecule has 3 aromatic rings. The van der Waals surface area contributed by atoms with Crippen molar-refractivity contribution in [2.24, 2.45) is 11.3 Å². The number of aromatic nitrogens is 3. The predicted octanol–water partition coefficient (Wildman–Crippen LogP) is 4.82. The average molecular weight is 684 g/mol. The molecule has 0 spiro atoms. The van der Waals surface area contributed by atoms with Gasteiger partial charge in [-0.2, -0.15) is 0 Å². The van der Waals surface area contributed by atoms with Crippen molar-refractivity contribution in [1.29, 1.82) is 0 Å². The van der Waals surface area contributed by atoms with E-state index < -0.39 is 40.8 Å². The number of unbranched alkanes of at least 4 members (excludes halogenated alkanes) is 1. The second-order valence-electron chi connectivity index (χ2n) is 14.3. The Labute approximate surface area is 286 Å². The van der Waals surface area contributed by atoms with E-state index in [4.69, 9.17) is 18.3 Å². The van der Waals surface area contributed by atoms with Gasteiger partial charge < -0.3 is 33.2 Å². The Morgan fingerprint density at radius 3 is 2.45 bits per heavy atom. The largest absolute Gasteiger partial charge is 0.519 e. The normalized spacial score (nSPS) is 18.1. The average Bonchev–Trinajstić information content (AvgIpc) is 3.57. The first-order valence-corrected chi connectivity index (χ1v) is 16.7. The molecule has 49 heavy (non-hydrogen) atoms. The Hall–Kier alpha value is -4.46. The minimum absolute atomic E-state index is 0.0197. The summed E-state index contributed by atoms with van der Waals surface area (Å²) >= 11 is 0. The van der Waals surface area contributed by atoms with Crippen molar-refractivity contribution in [2.75, 3.05) is 33.4 Å². The summed E-state index contributed by atoms with van der Waals surface area (Å²) in [6.07, 6.45) is 0.974. The van der Waals surface area contributed by atoms with Crippen molar-refractivity contribution >= 4 is 18.0 Å². The number of aryl methyl sites for hydroxylation is 2. The highest BCUT2D eigenvalue weighted by Crippen LogP contribution is 2.38. The molecule has 14 nitrogen and oxygen atoms in total. The highest BCUT2D eigenvalue weighted by Gasteiger charge is 2.51. The van der Waals surface area contributed by atoms with E-state index in [9.17, 15) is 24.3 Å². The zero-order valence-electron chi connectivity index (χ0n) is 29.8. The van der Waals surface area contributed by atoms with Gasteiger partial charge >= 0.3 is 17.9 Å². The van der Waals surface area contributed by atoms with Crippen molar-refractivity contribution in [1.82, 2.24) is 24.8 Å². The number of hydrogen-bond donors (Lipinski definition) is 1. The van der Waals surface area contributed by atoms with Gasteiger partial charge in [-0.25, -0.2) is 14.3 Å². The number of carbonyl (C=O) groups excluding carboxylic acids is 2. The third kappa shape index (κ3) is 8.97. The summed E-state index contributed by atoms with van der Waals surface area (Å²) < 4.78 is 22.9. The number of aliphatic carboxylic acids is 1. The first kappa shape index (κ1) is 37.4. The molecule has 14 heteroatoms. The Bertz CT molecular complexity index is 1680. The summed E-state index contributed by atoms with van der Waals surface area (Å²) in [6, 6.07) is 6.93. The number of nitrogens with zero attached hydrogens (tertiary/aromatic N) is 5. The number of carboxylic acids is 1. The van der Waals surface area contributed by atoms with Gasteiger partial charge in [0, 0.05) is 39.8 Å². The van der Waals surface area contributed by atoms with Crippen LogP contribution in [0, 0.1) is 25.2 Å². The van der Waals surface area contributed by atoms with Crippen LogP contribution in [0.2, 0.25) is 0 Å². The van der Waals surface area contributed by atoms with Crippen molar-refractivity contribution in [3.63, 3.8) is 0 Å². The molecule has 2 aromatic heterocycles. The van der Waals surface area contributed by atoms with Crippen molar-refractivity contribution < 1.29 is 37.8 Å². The van der Waals surface area contributed by atoms with Crippen molar-refractivity contribution in [3.05, 3.63) is 63.4 Å². The fraction of sp³-hybridized carbons (Fsp3) is 0.600. The van der Waals surface area contributed by atoms with E-state index in [0.29, 0.717) is 25.1 Å².